The van der Waals surface area contributed by atoms with Crippen LogP contribution in [0.1, 0.15) is 38.5 Å². The molecule has 0 aromatic rings. The van der Waals surface area contributed by atoms with Crippen molar-refractivity contribution in [1.82, 2.24) is 4.90 Å². The highest BCUT2D eigenvalue weighted by Gasteiger charge is 2.27. The van der Waals surface area contributed by atoms with Gasteiger partial charge in [0, 0.05) is 19.4 Å². The highest BCUT2D eigenvalue weighted by molar-refractivity contribution is 5.76. The quantitative estimate of drug-likeness (QED) is 0.654. The molecule has 2 N–H and O–H groups in total. The molecule has 1 fully saturated rings. The average Bonchev–Trinajstić information content (AvgIpc) is 2.71. The van der Waals surface area contributed by atoms with Crippen molar-refractivity contribution in [2.24, 2.45) is 0 Å². The van der Waals surface area contributed by atoms with E-state index in [-0.39, 0.29) is 25.0 Å². The molecule has 1 aliphatic heterocycles. The van der Waals surface area contributed by atoms with E-state index in [9.17, 15) is 9.59 Å². The summed E-state index contributed by atoms with van der Waals surface area (Å²) in [5, 5.41) is 17.5. The topological polar surface area (TPSA) is 77.8 Å². The second-order valence-corrected chi connectivity index (χ2v) is 4.17. The van der Waals surface area contributed by atoms with Gasteiger partial charge in [0.15, 0.2) is 0 Å². The molecule has 1 rings (SSSR count). The number of hydrogen-bond donors (Lipinski definition) is 2. The SMILES string of the molecule is O=C(O)CCCCC(=O)N1CCCC1CO. The minimum absolute atomic E-state index is 0.0213. The Balaban J connectivity index is 2.21. The van der Waals surface area contributed by atoms with Crippen LogP contribution in [-0.4, -0.2) is 46.2 Å². The van der Waals surface area contributed by atoms with Crippen molar-refractivity contribution in [1.29, 1.82) is 0 Å². The van der Waals surface area contributed by atoms with Gasteiger partial charge in [0.05, 0.1) is 12.6 Å². The highest BCUT2D eigenvalue weighted by Crippen LogP contribution is 2.18. The van der Waals surface area contributed by atoms with E-state index in [1.54, 1.807) is 4.90 Å². The normalized spacial score (nSPS) is 20.1. The van der Waals surface area contributed by atoms with Crippen LogP contribution >= 0.6 is 0 Å². The summed E-state index contributed by atoms with van der Waals surface area (Å²) < 4.78 is 0. The van der Waals surface area contributed by atoms with Crippen molar-refractivity contribution in [3.8, 4) is 0 Å². The van der Waals surface area contributed by atoms with Gasteiger partial charge in [0.1, 0.15) is 0 Å². The van der Waals surface area contributed by atoms with Gasteiger partial charge in [-0.2, -0.15) is 0 Å². The van der Waals surface area contributed by atoms with Crippen molar-refractivity contribution < 1.29 is 19.8 Å². The van der Waals surface area contributed by atoms with E-state index in [1.807, 2.05) is 0 Å². The highest BCUT2D eigenvalue weighted by atomic mass is 16.4. The molecule has 5 nitrogen and oxygen atoms in total. The van der Waals surface area contributed by atoms with Crippen LogP contribution in [0.4, 0.5) is 0 Å². The first kappa shape index (κ1) is 13.0. The molecule has 0 radical (unpaired) electrons. The number of aliphatic hydroxyl groups excluding tert-OH is 1. The molecule has 1 aliphatic rings. The van der Waals surface area contributed by atoms with Crippen LogP contribution < -0.4 is 0 Å². The number of nitrogens with zero attached hydrogens (tertiary/aromatic N) is 1. The lowest BCUT2D eigenvalue weighted by Crippen LogP contribution is -2.37. The van der Waals surface area contributed by atoms with Gasteiger partial charge in [0.25, 0.3) is 0 Å². The number of likely N-dealkylation sites (tertiary alicyclic amines) is 1. The van der Waals surface area contributed by atoms with E-state index in [0.29, 0.717) is 19.3 Å². The Morgan fingerprint density at radius 1 is 1.25 bits per heavy atom. The Labute approximate surface area is 95.1 Å². The molecule has 0 spiro atoms. The maximum Gasteiger partial charge on any atom is 0.303 e. The Bertz CT molecular complexity index is 254. The molecule has 0 aromatic heterocycles. The number of carbonyl (C=O) groups is 2. The summed E-state index contributed by atoms with van der Waals surface area (Å²) in [4.78, 5) is 23.7. The number of hydrogen-bond acceptors (Lipinski definition) is 3. The van der Waals surface area contributed by atoms with Crippen molar-refractivity contribution in [2.75, 3.05) is 13.2 Å². The van der Waals surface area contributed by atoms with Crippen LogP contribution in [-0.2, 0) is 9.59 Å². The van der Waals surface area contributed by atoms with Crippen LogP contribution in [0.25, 0.3) is 0 Å². The molecule has 0 aliphatic carbocycles. The molecule has 5 heteroatoms. The van der Waals surface area contributed by atoms with Crippen molar-refractivity contribution in [3.05, 3.63) is 0 Å². The maximum absolute atomic E-state index is 11.7. The lowest BCUT2D eigenvalue weighted by Gasteiger charge is -2.22. The maximum atomic E-state index is 11.7. The minimum atomic E-state index is -0.818. The molecule has 1 saturated heterocycles. The van der Waals surface area contributed by atoms with Crippen LogP contribution in [0.15, 0.2) is 0 Å². The fourth-order valence-electron chi connectivity index (χ4n) is 2.05. The predicted molar refractivity (Wildman–Crippen MR) is 57.9 cm³/mol. The number of carbonyl (C=O) groups excluding carboxylic acids is 1. The molecule has 0 bridgehead atoms. The Morgan fingerprint density at radius 3 is 2.56 bits per heavy atom. The van der Waals surface area contributed by atoms with E-state index in [2.05, 4.69) is 0 Å². The summed E-state index contributed by atoms with van der Waals surface area (Å²) in [6.45, 7) is 0.754. The van der Waals surface area contributed by atoms with Gasteiger partial charge in [-0.25, -0.2) is 0 Å². The number of aliphatic hydroxyl groups is 1. The molecular formula is C11H19NO4. The van der Waals surface area contributed by atoms with Gasteiger partial charge in [-0.05, 0) is 25.7 Å². The van der Waals surface area contributed by atoms with E-state index in [1.165, 1.54) is 0 Å². The monoisotopic (exact) mass is 229 g/mol. The first-order valence-electron chi connectivity index (χ1n) is 5.77. The minimum Gasteiger partial charge on any atom is -0.481 e. The van der Waals surface area contributed by atoms with Gasteiger partial charge in [0.2, 0.25) is 5.91 Å². The standard InChI is InChI=1S/C11H19NO4/c13-8-9-4-3-7-12(9)10(14)5-1-2-6-11(15)16/h9,13H,1-8H2,(H,15,16). The number of unbranched alkanes of at least 4 members (excludes halogenated alkanes) is 1. The molecule has 0 saturated carbocycles. The zero-order valence-electron chi connectivity index (χ0n) is 9.39. The number of amides is 1. The molecule has 0 aromatic carbocycles. The second kappa shape index (κ2) is 6.48. The summed E-state index contributed by atoms with van der Waals surface area (Å²) in [5.41, 5.74) is 0. The van der Waals surface area contributed by atoms with Gasteiger partial charge >= 0.3 is 5.97 Å². The van der Waals surface area contributed by atoms with Crippen LogP contribution in [0.3, 0.4) is 0 Å². The summed E-state index contributed by atoms with van der Waals surface area (Å²) in [6, 6.07) is -0.0213. The van der Waals surface area contributed by atoms with Gasteiger partial charge in [-0.3, -0.25) is 9.59 Å². The Kier molecular flexibility index (Phi) is 5.25. The Morgan fingerprint density at radius 2 is 1.94 bits per heavy atom. The molecule has 1 amide bonds. The number of rotatable bonds is 6. The molecule has 92 valence electrons. The van der Waals surface area contributed by atoms with Crippen LogP contribution in [0, 0.1) is 0 Å². The fraction of sp³-hybridized carbons (Fsp3) is 0.818. The fourth-order valence-corrected chi connectivity index (χ4v) is 2.05. The third kappa shape index (κ3) is 3.81. The van der Waals surface area contributed by atoms with E-state index in [4.69, 9.17) is 10.2 Å². The zero-order valence-corrected chi connectivity index (χ0v) is 9.39. The lowest BCUT2D eigenvalue weighted by atomic mass is 10.1. The summed E-state index contributed by atoms with van der Waals surface area (Å²) in [6.07, 6.45) is 3.49. The number of carboxylic acids is 1. The summed E-state index contributed by atoms with van der Waals surface area (Å²) in [7, 11) is 0. The summed E-state index contributed by atoms with van der Waals surface area (Å²) in [5.74, 6) is -0.774. The van der Waals surface area contributed by atoms with Crippen LogP contribution in [0.2, 0.25) is 0 Å². The average molecular weight is 229 g/mol. The second-order valence-electron chi connectivity index (χ2n) is 4.17. The third-order valence-corrected chi connectivity index (χ3v) is 2.94. The van der Waals surface area contributed by atoms with Gasteiger partial charge < -0.3 is 15.1 Å². The first-order valence-corrected chi connectivity index (χ1v) is 5.77. The first-order chi connectivity index (χ1) is 7.65. The zero-order chi connectivity index (χ0) is 12.0. The lowest BCUT2D eigenvalue weighted by molar-refractivity contribution is -0.137. The number of aliphatic carboxylic acids is 1. The molecule has 1 heterocycles. The Hall–Kier alpha value is -1.10. The molecule has 16 heavy (non-hydrogen) atoms. The van der Waals surface area contributed by atoms with Crippen molar-refractivity contribution in [3.63, 3.8) is 0 Å². The van der Waals surface area contributed by atoms with E-state index >= 15 is 0 Å². The van der Waals surface area contributed by atoms with Crippen LogP contribution in [0.5, 0.6) is 0 Å². The van der Waals surface area contributed by atoms with E-state index < -0.39 is 5.97 Å². The molecule has 1 unspecified atom stereocenters. The van der Waals surface area contributed by atoms with E-state index in [0.717, 1.165) is 19.4 Å². The van der Waals surface area contributed by atoms with Gasteiger partial charge in [-0.15, -0.1) is 0 Å². The molecule has 1 atom stereocenters. The third-order valence-electron chi connectivity index (χ3n) is 2.94. The smallest absolute Gasteiger partial charge is 0.303 e. The van der Waals surface area contributed by atoms with Crippen molar-refractivity contribution >= 4 is 11.9 Å². The largest absolute Gasteiger partial charge is 0.481 e. The van der Waals surface area contributed by atoms with Gasteiger partial charge in [-0.1, -0.05) is 0 Å². The van der Waals surface area contributed by atoms with Crippen molar-refractivity contribution in [2.45, 2.75) is 44.6 Å². The number of carboxylic acid groups (broad SMARTS) is 1. The predicted octanol–water partition coefficient (Wildman–Crippen LogP) is 0.615. The molecular weight excluding hydrogens is 210 g/mol. The summed E-state index contributed by atoms with van der Waals surface area (Å²) >= 11 is 0.